The Balaban J connectivity index is 0.000000131. The van der Waals surface area contributed by atoms with Gasteiger partial charge in [-0.25, -0.2) is 44.9 Å². The fraction of sp³-hybridized carbons (Fsp3) is 0.437. The van der Waals surface area contributed by atoms with Crippen LogP contribution in [0.25, 0.3) is 38.7 Å². The molecule has 3 aliphatic heterocycles. The maximum absolute atomic E-state index is 11.0. The zero-order valence-electron chi connectivity index (χ0n) is 56.7. The molecule has 526 valence electrons. The first kappa shape index (κ1) is 73.2. The van der Waals surface area contributed by atoms with E-state index in [0.29, 0.717) is 54.2 Å². The van der Waals surface area contributed by atoms with Crippen LogP contribution in [-0.2, 0) is 33.1 Å². The van der Waals surface area contributed by atoms with Gasteiger partial charge in [-0.2, -0.15) is 8.42 Å². The average Bonchev–Trinajstić information content (AvgIpc) is 1.65. The summed E-state index contributed by atoms with van der Waals surface area (Å²) in [6.45, 7) is 11.2. The third-order valence-corrected chi connectivity index (χ3v) is 19.6. The van der Waals surface area contributed by atoms with Gasteiger partial charge in [0.15, 0.2) is 0 Å². The van der Waals surface area contributed by atoms with Crippen molar-refractivity contribution in [1.29, 1.82) is 0 Å². The molecule has 3 aliphatic carbocycles. The number of hydrogen-bond acceptors (Lipinski definition) is 25. The number of ether oxygens (including phenoxy) is 4. The van der Waals surface area contributed by atoms with Crippen LogP contribution >= 0.6 is 31.9 Å². The summed E-state index contributed by atoms with van der Waals surface area (Å²) in [7, 11) is -3.53. The normalized spacial score (nSPS) is 21.7. The topological polar surface area (TPSA) is 310 Å². The Kier molecular flexibility index (Phi) is 25.7. The van der Waals surface area contributed by atoms with Crippen LogP contribution in [0.1, 0.15) is 123 Å². The van der Waals surface area contributed by atoms with Gasteiger partial charge < -0.3 is 49.3 Å². The lowest BCUT2D eigenvalue weighted by atomic mass is 9.75. The molecule has 4 N–H and O–H groups in total. The summed E-state index contributed by atoms with van der Waals surface area (Å²) in [6.07, 6.45) is 38.9. The lowest BCUT2D eigenvalue weighted by Gasteiger charge is -2.32. The van der Waals surface area contributed by atoms with Crippen LogP contribution in [0, 0.1) is 0 Å². The van der Waals surface area contributed by atoms with Gasteiger partial charge in [-0.05, 0) is 189 Å². The molecule has 4 fully saturated rings. The number of benzene rings is 3. The largest absolute Gasteiger partial charge is 0.506 e. The summed E-state index contributed by atoms with van der Waals surface area (Å²) in [4.78, 5) is 51.1. The van der Waals surface area contributed by atoms with Crippen molar-refractivity contribution in [2.45, 2.75) is 165 Å². The first-order chi connectivity index (χ1) is 48.3. The van der Waals surface area contributed by atoms with Gasteiger partial charge in [0, 0.05) is 101 Å². The summed E-state index contributed by atoms with van der Waals surface area (Å²) in [5.41, 5.74) is 7.73. The molecular weight excluding hydrogens is 1430 g/mol. The second-order valence-corrected chi connectivity index (χ2v) is 29.4. The number of phenols is 1. The number of rotatable bonds is 14. The van der Waals surface area contributed by atoms with Gasteiger partial charge in [-0.3, -0.25) is 19.1 Å². The number of hydrogen-bond donors (Lipinski definition) is 4. The number of fused-ring (bicyclic) bond motifs is 3. The van der Waals surface area contributed by atoms with Crippen molar-refractivity contribution in [1.82, 2.24) is 59.8 Å². The molecular formula is C71H84BBr2N15O10S. The molecule has 1 saturated heterocycles. The monoisotopic (exact) mass is 1510 g/mol. The number of phenolic OH excluding ortho intramolecular Hbond substituents is 1. The van der Waals surface area contributed by atoms with E-state index in [2.05, 4.69) is 160 Å². The Labute approximate surface area is 599 Å². The molecule has 15 rings (SSSR count). The first-order valence-corrected chi connectivity index (χ1v) is 37.2. The van der Waals surface area contributed by atoms with Crippen molar-refractivity contribution >= 4 is 106 Å². The average molecular weight is 1510 g/mol. The van der Waals surface area contributed by atoms with Crippen LogP contribution in [0.15, 0.2) is 156 Å². The second kappa shape index (κ2) is 35.0. The van der Waals surface area contributed by atoms with E-state index in [1.54, 1.807) is 86.5 Å². The Morgan fingerprint density at radius 1 is 0.480 bits per heavy atom. The Morgan fingerprint density at radius 2 is 0.880 bits per heavy atom. The summed E-state index contributed by atoms with van der Waals surface area (Å²) in [5.74, 6) is 3.77. The van der Waals surface area contributed by atoms with Crippen molar-refractivity contribution in [2.24, 2.45) is 0 Å². The summed E-state index contributed by atoms with van der Waals surface area (Å²) in [5, 5.41) is 19.5. The zero-order chi connectivity index (χ0) is 69.9. The molecule has 0 atom stereocenters. The van der Waals surface area contributed by atoms with Gasteiger partial charge in [0.2, 0.25) is 17.8 Å². The standard InChI is InChI=1S/C23H25N5O2.C18H18BrN5O.C11H19BO3.C11H17N3O3S.C8H5BrN2O/c1-8-26-23(27-9-1)28-18-2-4-19(5-3-18)30-21-15-17(16-6-12-29-13-7-16)14-20-22(21)25-11-10-24-20;19-12-10-15-17(21-9-8-20-15)16(11-12)25-14-4-2-13(3-5-14)24-18-22-6-1-7-23-18;1-10(2)11(3,4)15-12(14-10)9-5-7-13-8-6-9;1-18(15,16)17-10-5-3-9(4-6-10)14-11-12-7-2-8-13-11;9-5-3-6-8(7(12)4-5)11-2-1-10-6/h1,6,8-11,14-15,18-19H,2-5,7,12-13H2,(H,26,27,28);1,6-11,13-14H,2-5H2,(H,22,23,24);5H,6-8H2,1-4H3;2,7-10H,3-6H2,1H3,(H,12,13,14);1-4,12H. The number of halogens is 2. The van der Waals surface area contributed by atoms with Crippen LogP contribution in [0.2, 0.25) is 0 Å². The Hall–Kier alpha value is -8.03. The third-order valence-electron chi connectivity index (χ3n) is 18.1. The zero-order valence-corrected chi connectivity index (χ0v) is 60.7. The third kappa shape index (κ3) is 21.3. The van der Waals surface area contributed by atoms with Gasteiger partial charge >= 0.3 is 7.12 Å². The van der Waals surface area contributed by atoms with Crippen molar-refractivity contribution in [2.75, 3.05) is 48.6 Å². The van der Waals surface area contributed by atoms with E-state index in [1.165, 1.54) is 11.0 Å². The molecule has 6 aliphatic rings. The minimum atomic E-state index is -3.35. The maximum atomic E-state index is 11.0. The SMILES string of the molecule is Brc1cc(OC2CCC(Nc3ncccn3)CC2)c2nccnc2c1.C1=C(c2cc(OC3CCC(Nc4ncccn4)CC3)c3nccnc3c2)CCOC1.CC1(C)OB(C2=CCOCC2)OC1(C)C.CS(=O)(=O)OC1CCC(Nc2ncccn2)CC1.Oc1cc(Br)cc2nccnc12. The van der Waals surface area contributed by atoms with Gasteiger partial charge in [0.1, 0.15) is 33.8 Å². The fourth-order valence-corrected chi connectivity index (χ4v) is 13.8. The molecule has 100 heavy (non-hydrogen) atoms. The molecule has 25 nitrogen and oxygen atoms in total. The Morgan fingerprint density at radius 3 is 1.32 bits per heavy atom. The molecule has 0 unspecified atom stereocenters. The number of nitrogens with one attached hydrogen (secondary N) is 3. The number of aromatic hydroxyl groups is 1. The highest BCUT2D eigenvalue weighted by Crippen LogP contribution is 2.40. The minimum Gasteiger partial charge on any atom is -0.506 e. The first-order valence-electron chi connectivity index (χ1n) is 33.8. The number of aromatic nitrogens is 12. The van der Waals surface area contributed by atoms with Crippen LogP contribution in [0.5, 0.6) is 17.2 Å². The van der Waals surface area contributed by atoms with Gasteiger partial charge in [-0.1, -0.05) is 44.0 Å². The lowest BCUT2D eigenvalue weighted by Crippen LogP contribution is -2.41. The highest BCUT2D eigenvalue weighted by atomic mass is 79.9. The smallest absolute Gasteiger partial charge is 0.490 e. The van der Waals surface area contributed by atoms with Crippen molar-refractivity contribution in [3.05, 3.63) is 161 Å². The molecule has 0 radical (unpaired) electrons. The highest BCUT2D eigenvalue weighted by Gasteiger charge is 2.52. The van der Waals surface area contributed by atoms with Crippen molar-refractivity contribution < 1.29 is 46.0 Å². The van der Waals surface area contributed by atoms with Gasteiger partial charge in [0.05, 0.1) is 78.7 Å². The van der Waals surface area contributed by atoms with E-state index in [4.69, 9.17) is 32.4 Å². The highest BCUT2D eigenvalue weighted by molar-refractivity contribution is 9.10. The molecule has 3 aromatic carbocycles. The van der Waals surface area contributed by atoms with Crippen molar-refractivity contribution in [3.63, 3.8) is 0 Å². The Bertz CT molecular complexity index is 4280. The lowest BCUT2D eigenvalue weighted by molar-refractivity contribution is 0.00578. The van der Waals surface area contributed by atoms with E-state index in [-0.39, 0.29) is 48.4 Å². The van der Waals surface area contributed by atoms with Crippen molar-refractivity contribution in [3.8, 4) is 17.2 Å². The summed E-state index contributed by atoms with van der Waals surface area (Å²) >= 11 is 6.78. The summed E-state index contributed by atoms with van der Waals surface area (Å²) in [6, 6.07) is 18.0. The van der Waals surface area contributed by atoms with Crippen LogP contribution in [0.3, 0.4) is 0 Å². The number of anilines is 3. The van der Waals surface area contributed by atoms with E-state index >= 15 is 0 Å². The van der Waals surface area contributed by atoms with E-state index in [1.807, 2.05) is 30.3 Å². The molecule has 9 aromatic rings. The van der Waals surface area contributed by atoms with E-state index in [9.17, 15) is 13.5 Å². The predicted octanol–water partition coefficient (Wildman–Crippen LogP) is 13.2. The predicted molar refractivity (Wildman–Crippen MR) is 391 cm³/mol. The van der Waals surface area contributed by atoms with Crippen LogP contribution in [0.4, 0.5) is 17.8 Å². The van der Waals surface area contributed by atoms with E-state index in [0.717, 1.165) is 157 Å². The number of nitrogens with zero attached hydrogens (tertiary/aromatic N) is 12. The molecule has 0 bridgehead atoms. The van der Waals surface area contributed by atoms with Crippen LogP contribution < -0.4 is 25.4 Å². The quantitative estimate of drug-likeness (QED) is 0.0580. The summed E-state index contributed by atoms with van der Waals surface area (Å²) < 4.78 is 64.2. The second-order valence-electron chi connectivity index (χ2n) is 25.9. The van der Waals surface area contributed by atoms with Gasteiger partial charge in [-0.15, -0.1) is 0 Å². The minimum absolute atomic E-state index is 0.146. The molecule has 0 spiro atoms. The molecule has 6 aromatic heterocycles. The fourth-order valence-electron chi connectivity index (χ4n) is 12.2. The molecule has 0 amide bonds. The molecule has 9 heterocycles. The molecule has 3 saturated carbocycles. The molecule has 29 heteroatoms. The van der Waals surface area contributed by atoms with Gasteiger partial charge in [0.25, 0.3) is 10.1 Å². The van der Waals surface area contributed by atoms with E-state index < -0.39 is 10.1 Å². The van der Waals surface area contributed by atoms with Crippen LogP contribution in [-0.4, -0.2) is 161 Å². The maximum Gasteiger partial charge on any atom is 0.490 e.